The van der Waals surface area contributed by atoms with Crippen molar-refractivity contribution in [1.82, 2.24) is 0 Å². The molecule has 0 atom stereocenters. The molecule has 0 fully saturated rings. The Morgan fingerprint density at radius 3 is 1.56 bits per heavy atom. The third-order valence-electron chi connectivity index (χ3n) is 13.6. The van der Waals surface area contributed by atoms with Crippen LogP contribution in [0.15, 0.2) is 224 Å². The van der Waals surface area contributed by atoms with Gasteiger partial charge in [0.25, 0.3) is 0 Å². The summed E-state index contributed by atoms with van der Waals surface area (Å²) in [6.07, 6.45) is 0. The first kappa shape index (κ1) is 36.6. The lowest BCUT2D eigenvalue weighted by molar-refractivity contribution is 0.660. The van der Waals surface area contributed by atoms with E-state index in [9.17, 15) is 0 Å². The van der Waals surface area contributed by atoms with Crippen LogP contribution < -0.4 is 4.90 Å². The number of hydrogen-bond donors (Lipinski definition) is 0. The van der Waals surface area contributed by atoms with Crippen LogP contribution in [0.2, 0.25) is 0 Å². The number of para-hydroxylation sites is 1. The number of thiophene rings is 1. The van der Waals surface area contributed by atoms with Crippen molar-refractivity contribution in [1.29, 1.82) is 0 Å². The number of benzene rings is 9. The van der Waals surface area contributed by atoms with Crippen molar-refractivity contribution in [3.05, 3.63) is 258 Å². The van der Waals surface area contributed by atoms with E-state index in [2.05, 4.69) is 243 Å². The molecule has 1 nitrogen and oxygen atoms in total. The first-order valence-corrected chi connectivity index (χ1v) is 22.4. The molecule has 0 spiro atoms. The molecular formula is C60H43NS. The first-order chi connectivity index (χ1) is 30.5. The summed E-state index contributed by atoms with van der Waals surface area (Å²) in [6.45, 7) is 4.70. The van der Waals surface area contributed by atoms with Gasteiger partial charge in [-0.15, -0.1) is 11.3 Å². The number of nitrogens with zero attached hydrogens (tertiary/aromatic N) is 1. The van der Waals surface area contributed by atoms with Crippen molar-refractivity contribution in [2.45, 2.75) is 24.7 Å². The van der Waals surface area contributed by atoms with Crippen molar-refractivity contribution in [3.8, 4) is 43.8 Å². The molecule has 0 unspecified atom stereocenters. The zero-order valence-corrected chi connectivity index (χ0v) is 35.5. The minimum absolute atomic E-state index is 0.0741. The van der Waals surface area contributed by atoms with Crippen molar-refractivity contribution in [3.63, 3.8) is 0 Å². The molecule has 0 saturated carbocycles. The summed E-state index contributed by atoms with van der Waals surface area (Å²) in [7, 11) is 0. The summed E-state index contributed by atoms with van der Waals surface area (Å²) in [6, 6.07) is 83.1. The highest BCUT2D eigenvalue weighted by atomic mass is 32.1. The molecule has 294 valence electrons. The molecule has 2 heteroatoms. The van der Waals surface area contributed by atoms with Gasteiger partial charge in [-0.05, 0) is 126 Å². The molecule has 9 aromatic carbocycles. The number of anilines is 3. The fraction of sp³-hybridized carbons (Fsp3) is 0.0667. The van der Waals surface area contributed by atoms with Gasteiger partial charge in [0.1, 0.15) is 0 Å². The minimum atomic E-state index is -0.445. The Kier molecular flexibility index (Phi) is 8.36. The molecule has 0 amide bonds. The average molecular weight is 810 g/mol. The van der Waals surface area contributed by atoms with E-state index in [1.54, 1.807) is 0 Å². The smallest absolute Gasteiger partial charge is 0.0728 e. The highest BCUT2D eigenvalue weighted by Gasteiger charge is 2.48. The molecule has 0 saturated heterocycles. The van der Waals surface area contributed by atoms with Gasteiger partial charge in [0.15, 0.2) is 0 Å². The van der Waals surface area contributed by atoms with E-state index in [-0.39, 0.29) is 5.41 Å². The zero-order chi connectivity index (χ0) is 41.4. The zero-order valence-electron chi connectivity index (χ0n) is 34.7. The van der Waals surface area contributed by atoms with Crippen molar-refractivity contribution < 1.29 is 0 Å². The quantitative estimate of drug-likeness (QED) is 0.155. The maximum Gasteiger partial charge on any atom is 0.0728 e. The van der Waals surface area contributed by atoms with E-state index in [1.807, 2.05) is 11.3 Å². The summed E-state index contributed by atoms with van der Waals surface area (Å²) in [5.74, 6) is 0. The summed E-state index contributed by atoms with van der Waals surface area (Å²) in [5, 5.41) is 1.34. The van der Waals surface area contributed by atoms with Crippen molar-refractivity contribution in [2.75, 3.05) is 4.90 Å². The highest BCUT2D eigenvalue weighted by Crippen LogP contribution is 2.61. The van der Waals surface area contributed by atoms with Gasteiger partial charge in [-0.2, -0.15) is 0 Å². The SMILES string of the molecule is CC1(C)c2ccccc2-c2ccc(N(c3ccccc3)c3ccc(-c4ccc(-c5ccc6c(c5)C(c5ccccc5)(c5ccccc5)c5c-6sc6ccccc56)cc4)cc3)cc21. The molecule has 0 bridgehead atoms. The van der Waals surface area contributed by atoms with Crippen molar-refractivity contribution >= 4 is 38.5 Å². The Labute approximate surface area is 367 Å². The Bertz CT molecular complexity index is 3250. The van der Waals surface area contributed by atoms with Gasteiger partial charge >= 0.3 is 0 Å². The highest BCUT2D eigenvalue weighted by molar-refractivity contribution is 7.22. The fourth-order valence-corrected chi connectivity index (χ4v) is 11.9. The standard InChI is InChI=1S/C60H43NS/c1-59(2)53-24-14-12-22-49(53)50-37-35-48(39-54(50)59)61(46-20-10-5-11-21-46)47-33-30-41(31-34-47)40-26-28-42(29-27-40)43-32-36-51-55(38-43)60(44-16-6-3-7-17-44,45-18-8-4-9-19-45)57-52-23-13-15-25-56(52)62-58(51)57/h3-39H,1-2H3. The van der Waals surface area contributed by atoms with Crippen LogP contribution in [-0.4, -0.2) is 0 Å². The predicted molar refractivity (Wildman–Crippen MR) is 262 cm³/mol. The predicted octanol–water partition coefficient (Wildman–Crippen LogP) is 16.4. The Morgan fingerprint density at radius 2 is 0.871 bits per heavy atom. The van der Waals surface area contributed by atoms with Crippen LogP contribution in [0.1, 0.15) is 47.2 Å². The largest absolute Gasteiger partial charge is 0.310 e. The normalized spacial score (nSPS) is 13.9. The van der Waals surface area contributed by atoms with Gasteiger partial charge in [0.05, 0.1) is 5.41 Å². The third kappa shape index (κ3) is 5.46. The van der Waals surface area contributed by atoms with Gasteiger partial charge in [0, 0.05) is 32.1 Å². The lowest BCUT2D eigenvalue weighted by Gasteiger charge is -2.34. The minimum Gasteiger partial charge on any atom is -0.310 e. The van der Waals surface area contributed by atoms with E-state index in [0.29, 0.717) is 0 Å². The summed E-state index contributed by atoms with van der Waals surface area (Å²) in [5.41, 5.74) is 19.8. The second-order valence-electron chi connectivity index (χ2n) is 17.2. The molecule has 0 N–H and O–H groups in total. The van der Waals surface area contributed by atoms with Gasteiger partial charge in [-0.3, -0.25) is 0 Å². The number of fused-ring (bicyclic) bond motifs is 8. The van der Waals surface area contributed by atoms with Crippen LogP contribution in [0, 0.1) is 0 Å². The molecule has 1 aromatic heterocycles. The van der Waals surface area contributed by atoms with E-state index in [0.717, 1.165) is 17.1 Å². The monoisotopic (exact) mass is 809 g/mol. The summed E-state index contributed by atoms with van der Waals surface area (Å²) < 4.78 is 1.33. The molecule has 0 aliphatic heterocycles. The van der Waals surface area contributed by atoms with Crippen LogP contribution in [-0.2, 0) is 10.8 Å². The summed E-state index contributed by atoms with van der Waals surface area (Å²) in [4.78, 5) is 3.75. The Hall–Kier alpha value is -7.26. The fourth-order valence-electron chi connectivity index (χ4n) is 10.6. The maximum atomic E-state index is 2.47. The van der Waals surface area contributed by atoms with Crippen molar-refractivity contribution in [2.24, 2.45) is 0 Å². The van der Waals surface area contributed by atoms with Crippen LogP contribution in [0.5, 0.6) is 0 Å². The van der Waals surface area contributed by atoms with Gasteiger partial charge in [-0.25, -0.2) is 0 Å². The molecular weight excluding hydrogens is 767 g/mol. The van der Waals surface area contributed by atoms with Crippen LogP contribution in [0.4, 0.5) is 17.1 Å². The molecule has 0 radical (unpaired) electrons. The topological polar surface area (TPSA) is 3.24 Å². The van der Waals surface area contributed by atoms with Crippen LogP contribution in [0.25, 0.3) is 53.9 Å². The van der Waals surface area contributed by atoms with Crippen LogP contribution >= 0.6 is 11.3 Å². The number of hydrogen-bond acceptors (Lipinski definition) is 2. The Morgan fingerprint density at radius 1 is 0.371 bits per heavy atom. The van der Waals surface area contributed by atoms with Crippen LogP contribution in [0.3, 0.4) is 0 Å². The molecule has 2 aliphatic carbocycles. The molecule has 62 heavy (non-hydrogen) atoms. The lowest BCUT2D eigenvalue weighted by Crippen LogP contribution is -2.28. The summed E-state index contributed by atoms with van der Waals surface area (Å²) >= 11 is 1.92. The van der Waals surface area contributed by atoms with E-state index >= 15 is 0 Å². The van der Waals surface area contributed by atoms with E-state index in [4.69, 9.17) is 0 Å². The molecule has 10 aromatic rings. The Balaban J connectivity index is 0.908. The lowest BCUT2D eigenvalue weighted by atomic mass is 9.67. The van der Waals surface area contributed by atoms with E-state index < -0.39 is 5.41 Å². The van der Waals surface area contributed by atoms with Gasteiger partial charge in [-0.1, -0.05) is 190 Å². The second-order valence-corrected chi connectivity index (χ2v) is 18.3. The molecule has 1 heterocycles. The average Bonchev–Trinajstić information content (AvgIpc) is 3.93. The maximum absolute atomic E-state index is 2.47. The molecule has 2 aliphatic rings. The van der Waals surface area contributed by atoms with Gasteiger partial charge < -0.3 is 4.90 Å². The number of rotatable bonds is 7. The second kappa shape index (κ2) is 14.2. The first-order valence-electron chi connectivity index (χ1n) is 21.6. The third-order valence-corrected chi connectivity index (χ3v) is 14.8. The molecule has 12 rings (SSSR count). The van der Waals surface area contributed by atoms with Gasteiger partial charge in [0.2, 0.25) is 0 Å². The van der Waals surface area contributed by atoms with E-state index in [1.165, 1.54) is 87.3 Å².